The van der Waals surface area contributed by atoms with Gasteiger partial charge in [0.15, 0.2) is 0 Å². The van der Waals surface area contributed by atoms with Crippen molar-refractivity contribution in [1.82, 2.24) is 15.1 Å². The van der Waals surface area contributed by atoms with Gasteiger partial charge in [-0.3, -0.25) is 9.48 Å². The molecule has 0 aliphatic heterocycles. The van der Waals surface area contributed by atoms with E-state index in [0.29, 0.717) is 19.5 Å². The first-order valence-electron chi connectivity index (χ1n) is 10.0. The Morgan fingerprint density at radius 3 is 2.45 bits per heavy atom. The molecule has 29 heavy (non-hydrogen) atoms. The van der Waals surface area contributed by atoms with Crippen LogP contribution in [-0.4, -0.2) is 15.7 Å². The lowest BCUT2D eigenvalue weighted by Crippen LogP contribution is -2.22. The number of hydrogen-bond acceptors (Lipinski definition) is 2. The molecule has 1 aromatic heterocycles. The van der Waals surface area contributed by atoms with Gasteiger partial charge >= 0.3 is 0 Å². The highest BCUT2D eigenvalue weighted by atomic mass is 16.1. The molecule has 0 saturated carbocycles. The number of nitrogens with one attached hydrogen (secondary N) is 1. The summed E-state index contributed by atoms with van der Waals surface area (Å²) in [5.41, 5.74) is 5.55. The molecule has 4 rings (SSSR count). The molecule has 146 valence electrons. The predicted molar refractivity (Wildman–Crippen MR) is 117 cm³/mol. The first-order chi connectivity index (χ1) is 14.2. The van der Waals surface area contributed by atoms with Crippen LogP contribution in [0.2, 0.25) is 0 Å². The zero-order chi connectivity index (χ0) is 20.1. The molecule has 0 atom stereocenters. The number of aryl methyl sites for hydroxylation is 2. The van der Waals surface area contributed by atoms with Gasteiger partial charge in [0.25, 0.3) is 0 Å². The van der Waals surface area contributed by atoms with Gasteiger partial charge in [0, 0.05) is 30.5 Å². The summed E-state index contributed by atoms with van der Waals surface area (Å²) < 4.78 is 2.02. The van der Waals surface area contributed by atoms with Gasteiger partial charge in [0.05, 0.1) is 5.52 Å². The Morgan fingerprint density at radius 1 is 0.931 bits per heavy atom. The fourth-order valence-electron chi connectivity index (χ4n) is 3.49. The Morgan fingerprint density at radius 2 is 1.66 bits per heavy atom. The standard InChI is InChI=1S/C25H25N3O/c1-19-13-15-20(16-14-19)18-26-24(29)12-7-17-28-23-11-6-5-10-22(23)25(27-28)21-8-3-2-4-9-21/h2-6,8-11,13-16H,7,12,17-18H2,1H3,(H,26,29). The molecule has 0 saturated heterocycles. The lowest BCUT2D eigenvalue weighted by molar-refractivity contribution is -0.121. The number of hydrogen-bond donors (Lipinski definition) is 1. The van der Waals surface area contributed by atoms with Gasteiger partial charge in [-0.1, -0.05) is 78.4 Å². The number of benzene rings is 3. The van der Waals surface area contributed by atoms with Gasteiger partial charge in [-0.25, -0.2) is 0 Å². The number of aromatic nitrogens is 2. The van der Waals surface area contributed by atoms with E-state index >= 15 is 0 Å². The third kappa shape index (κ3) is 4.54. The minimum atomic E-state index is 0.0744. The van der Waals surface area contributed by atoms with Crippen molar-refractivity contribution >= 4 is 16.8 Å². The van der Waals surface area contributed by atoms with Gasteiger partial charge in [-0.2, -0.15) is 5.10 Å². The molecular formula is C25H25N3O. The molecule has 0 unspecified atom stereocenters. The first-order valence-corrected chi connectivity index (χ1v) is 10.0. The first kappa shape index (κ1) is 18.9. The molecule has 1 amide bonds. The molecule has 1 N–H and O–H groups in total. The van der Waals surface area contributed by atoms with Gasteiger partial charge in [-0.15, -0.1) is 0 Å². The van der Waals surface area contributed by atoms with Crippen molar-refractivity contribution in [3.8, 4) is 11.3 Å². The summed E-state index contributed by atoms with van der Waals surface area (Å²) in [6.45, 7) is 3.35. The monoisotopic (exact) mass is 383 g/mol. The van der Waals surface area contributed by atoms with Crippen molar-refractivity contribution in [2.75, 3.05) is 0 Å². The summed E-state index contributed by atoms with van der Waals surface area (Å²) in [5.74, 6) is 0.0744. The van der Waals surface area contributed by atoms with Crippen LogP contribution >= 0.6 is 0 Å². The number of carbonyl (C=O) groups excluding carboxylic acids is 1. The van der Waals surface area contributed by atoms with Crippen LogP contribution in [-0.2, 0) is 17.9 Å². The van der Waals surface area contributed by atoms with Crippen molar-refractivity contribution in [2.24, 2.45) is 0 Å². The highest BCUT2D eigenvalue weighted by molar-refractivity contribution is 5.93. The van der Waals surface area contributed by atoms with E-state index in [-0.39, 0.29) is 5.91 Å². The van der Waals surface area contributed by atoms with Crippen LogP contribution in [0.15, 0.2) is 78.9 Å². The topological polar surface area (TPSA) is 46.9 Å². The van der Waals surface area contributed by atoms with Crippen LogP contribution in [0.3, 0.4) is 0 Å². The molecule has 4 aromatic rings. The lowest BCUT2D eigenvalue weighted by atomic mass is 10.1. The Kier molecular flexibility index (Phi) is 5.71. The average Bonchev–Trinajstić information content (AvgIpc) is 3.13. The zero-order valence-electron chi connectivity index (χ0n) is 16.6. The summed E-state index contributed by atoms with van der Waals surface area (Å²) in [6.07, 6.45) is 1.24. The third-order valence-electron chi connectivity index (χ3n) is 5.09. The molecule has 0 spiro atoms. The fourth-order valence-corrected chi connectivity index (χ4v) is 3.49. The van der Waals surface area contributed by atoms with Crippen LogP contribution in [0.25, 0.3) is 22.2 Å². The van der Waals surface area contributed by atoms with Crippen molar-refractivity contribution in [1.29, 1.82) is 0 Å². The van der Waals surface area contributed by atoms with E-state index in [1.54, 1.807) is 0 Å². The number of para-hydroxylation sites is 1. The van der Waals surface area contributed by atoms with E-state index < -0.39 is 0 Å². The van der Waals surface area contributed by atoms with Crippen LogP contribution in [0.4, 0.5) is 0 Å². The van der Waals surface area contributed by atoms with Gasteiger partial charge in [-0.05, 0) is 25.0 Å². The number of amides is 1. The average molecular weight is 383 g/mol. The van der Waals surface area contributed by atoms with Crippen LogP contribution in [0.1, 0.15) is 24.0 Å². The second kappa shape index (κ2) is 8.74. The molecule has 0 bridgehead atoms. The second-order valence-electron chi connectivity index (χ2n) is 7.32. The quantitative estimate of drug-likeness (QED) is 0.482. The molecular weight excluding hydrogens is 358 g/mol. The van der Waals surface area contributed by atoms with E-state index in [4.69, 9.17) is 5.10 Å². The highest BCUT2D eigenvalue weighted by Crippen LogP contribution is 2.27. The molecule has 0 fully saturated rings. The van der Waals surface area contributed by atoms with E-state index in [1.807, 2.05) is 35.0 Å². The number of nitrogens with zero attached hydrogens (tertiary/aromatic N) is 2. The maximum absolute atomic E-state index is 12.2. The summed E-state index contributed by atoms with van der Waals surface area (Å²) in [4.78, 5) is 12.2. The number of fused-ring (bicyclic) bond motifs is 1. The molecule has 0 aliphatic carbocycles. The van der Waals surface area contributed by atoms with Gasteiger partial charge in [0.2, 0.25) is 5.91 Å². The van der Waals surface area contributed by atoms with Crippen molar-refractivity contribution in [3.63, 3.8) is 0 Å². The Balaban J connectivity index is 1.38. The van der Waals surface area contributed by atoms with Crippen molar-refractivity contribution in [3.05, 3.63) is 90.0 Å². The SMILES string of the molecule is Cc1ccc(CNC(=O)CCCn2nc(-c3ccccc3)c3ccccc32)cc1. The third-order valence-corrected chi connectivity index (χ3v) is 5.09. The Bertz CT molecular complexity index is 1100. The summed E-state index contributed by atoms with van der Waals surface area (Å²) in [6, 6.07) is 26.7. The normalized spacial score (nSPS) is 10.9. The van der Waals surface area contributed by atoms with E-state index in [0.717, 1.165) is 34.1 Å². The fraction of sp³-hybridized carbons (Fsp3) is 0.200. The number of carbonyl (C=O) groups is 1. The summed E-state index contributed by atoms with van der Waals surface area (Å²) >= 11 is 0. The zero-order valence-corrected chi connectivity index (χ0v) is 16.6. The largest absolute Gasteiger partial charge is 0.352 e. The highest BCUT2D eigenvalue weighted by Gasteiger charge is 2.12. The molecule has 0 aliphatic rings. The second-order valence-corrected chi connectivity index (χ2v) is 7.32. The Labute approximate surface area is 171 Å². The summed E-state index contributed by atoms with van der Waals surface area (Å²) in [5, 5.41) is 8.99. The molecule has 0 radical (unpaired) electrons. The van der Waals surface area contributed by atoms with Gasteiger partial charge in [0.1, 0.15) is 5.69 Å². The van der Waals surface area contributed by atoms with Crippen LogP contribution < -0.4 is 5.32 Å². The van der Waals surface area contributed by atoms with Crippen molar-refractivity contribution < 1.29 is 4.79 Å². The maximum Gasteiger partial charge on any atom is 0.220 e. The van der Waals surface area contributed by atoms with Gasteiger partial charge < -0.3 is 5.32 Å². The predicted octanol–water partition coefficient (Wildman–Crippen LogP) is 5.11. The van der Waals surface area contributed by atoms with Crippen LogP contribution in [0.5, 0.6) is 0 Å². The lowest BCUT2D eigenvalue weighted by Gasteiger charge is -2.07. The van der Waals surface area contributed by atoms with Crippen molar-refractivity contribution in [2.45, 2.75) is 32.9 Å². The van der Waals surface area contributed by atoms with Crippen LogP contribution in [0, 0.1) is 6.92 Å². The molecule has 1 heterocycles. The van der Waals surface area contributed by atoms with E-state index in [2.05, 4.69) is 60.8 Å². The minimum Gasteiger partial charge on any atom is -0.352 e. The molecule has 4 nitrogen and oxygen atoms in total. The minimum absolute atomic E-state index is 0.0744. The summed E-state index contributed by atoms with van der Waals surface area (Å²) in [7, 11) is 0. The smallest absolute Gasteiger partial charge is 0.220 e. The molecule has 3 aromatic carbocycles. The maximum atomic E-state index is 12.2. The van der Waals surface area contributed by atoms with E-state index in [9.17, 15) is 4.79 Å². The molecule has 4 heteroatoms. The Hall–Kier alpha value is -3.40. The van der Waals surface area contributed by atoms with E-state index in [1.165, 1.54) is 5.56 Å². The number of rotatable bonds is 7.